The molecule has 0 aliphatic carbocycles. The second kappa shape index (κ2) is 12.7. The molecule has 4 heteroatoms. The summed E-state index contributed by atoms with van der Waals surface area (Å²) in [6.45, 7) is 2.82. The molecule has 0 spiro atoms. The van der Waals surface area contributed by atoms with Crippen LogP contribution in [-0.2, 0) is 9.09 Å². The maximum atomic E-state index is 9.77. The van der Waals surface area contributed by atoms with Crippen molar-refractivity contribution in [1.29, 1.82) is 0 Å². The summed E-state index contributed by atoms with van der Waals surface area (Å²) in [4.78, 5) is 0. The Hall–Kier alpha value is 1.06. The van der Waals surface area contributed by atoms with Gasteiger partial charge in [-0.05, 0) is 11.0 Å². The van der Waals surface area contributed by atoms with E-state index in [4.69, 9.17) is 0 Å². The number of rotatable bonds is 6. The summed E-state index contributed by atoms with van der Waals surface area (Å²) in [5, 5.41) is 0. The predicted octanol–water partition coefficient (Wildman–Crippen LogP) is 2.14. The molecule has 0 aromatic rings. The molecule has 0 amide bonds. The minimum Gasteiger partial charge on any atom is -0.148 e. The Bertz CT molecular complexity index is 70.8. The van der Waals surface area contributed by atoms with Gasteiger partial charge in [0.15, 0.2) is 0 Å². The van der Waals surface area contributed by atoms with Crippen LogP contribution in [0.2, 0.25) is 0 Å². The Kier molecular flexibility index (Phi) is 17.3. The molecule has 55 valence electrons. The average Bonchev–Trinajstić information content (AvgIpc) is 1.89. The minimum atomic E-state index is -0.580. The van der Waals surface area contributed by atoms with Gasteiger partial charge < -0.3 is 0 Å². The van der Waals surface area contributed by atoms with Crippen molar-refractivity contribution in [3.8, 4) is 0 Å². The van der Waals surface area contributed by atoms with Gasteiger partial charge in [0.05, 0.1) is 0 Å². The monoisotopic (exact) mass is 172 g/mol. The molecule has 10 heavy (non-hydrogen) atoms. The van der Waals surface area contributed by atoms with E-state index in [0.717, 1.165) is 6.42 Å². The third-order valence-corrected chi connectivity index (χ3v) is 1.48. The van der Waals surface area contributed by atoms with Crippen LogP contribution in [0.5, 0.6) is 0 Å². The summed E-state index contributed by atoms with van der Waals surface area (Å²) in [6, 6.07) is 0. The second-order valence-corrected chi connectivity index (χ2v) is 2.45. The summed E-state index contributed by atoms with van der Waals surface area (Å²) in [7, 11) is -0.580. The second-order valence-electron chi connectivity index (χ2n) is 1.99. The van der Waals surface area contributed by atoms with E-state index in [1.165, 1.54) is 19.3 Å². The van der Waals surface area contributed by atoms with Crippen LogP contribution in [0, 0.1) is 0 Å². The van der Waals surface area contributed by atoms with Gasteiger partial charge in [0.25, 0.3) is 0 Å². The van der Waals surface area contributed by atoms with Crippen molar-refractivity contribution >= 4 is 38.2 Å². The van der Waals surface area contributed by atoms with Crippen LogP contribution in [-0.4, -0.2) is 36.2 Å². The zero-order chi connectivity index (χ0) is 6.95. The predicted molar refractivity (Wildman–Crippen MR) is 44.8 cm³/mol. The molecule has 1 atom stereocenters. The van der Waals surface area contributed by atoms with Gasteiger partial charge in [-0.3, -0.25) is 0 Å². The van der Waals surface area contributed by atoms with Crippen molar-refractivity contribution in [1.82, 2.24) is 0 Å². The van der Waals surface area contributed by atoms with Crippen LogP contribution in [0.15, 0.2) is 0 Å². The Morgan fingerprint density at radius 1 is 1.30 bits per heavy atom. The van der Waals surface area contributed by atoms with Crippen molar-refractivity contribution < 1.29 is 9.09 Å². The van der Waals surface area contributed by atoms with Gasteiger partial charge >= 0.3 is 8.69 Å². The quantitative estimate of drug-likeness (QED) is 0.348. The molecule has 2 nitrogen and oxygen atoms in total. The number of hydrogen-bond donors (Lipinski definition) is 0. The van der Waals surface area contributed by atoms with E-state index in [0.29, 0.717) is 6.61 Å². The molecule has 0 aliphatic rings. The largest absolute Gasteiger partial charge is 0.494 e. The van der Waals surface area contributed by atoms with Gasteiger partial charge in [0, 0.05) is 29.6 Å². The first-order chi connectivity index (χ1) is 4.41. The molecule has 0 saturated heterocycles. The van der Waals surface area contributed by atoms with E-state index >= 15 is 0 Å². The minimum absolute atomic E-state index is 0. The molecular weight excluding hydrogens is 158 g/mol. The van der Waals surface area contributed by atoms with Crippen LogP contribution in [0.3, 0.4) is 0 Å². The van der Waals surface area contributed by atoms with Crippen molar-refractivity contribution in [2.75, 3.05) is 6.61 Å². The maximum absolute atomic E-state index is 9.77. The SMILES string of the molecule is CCCCCCO[PH+]=O.[Na]. The summed E-state index contributed by atoms with van der Waals surface area (Å²) in [6.07, 6.45) is 4.73. The molecule has 0 bridgehead atoms. The summed E-state index contributed by atoms with van der Waals surface area (Å²) in [5.74, 6) is 0. The van der Waals surface area contributed by atoms with E-state index < -0.39 is 8.69 Å². The smallest absolute Gasteiger partial charge is 0.148 e. The van der Waals surface area contributed by atoms with Crippen molar-refractivity contribution in [2.45, 2.75) is 32.6 Å². The zero-order valence-electron chi connectivity index (χ0n) is 6.85. The molecule has 1 unspecified atom stereocenters. The standard InChI is InChI=1S/C6H14O2P.Na/c1-2-3-4-5-6-8-9-7;/h9H,2-6H2,1H3;/q+1;. The van der Waals surface area contributed by atoms with E-state index in [1.807, 2.05) is 0 Å². The van der Waals surface area contributed by atoms with Crippen molar-refractivity contribution in [3.05, 3.63) is 0 Å². The Morgan fingerprint density at radius 2 is 2.00 bits per heavy atom. The first-order valence-electron chi connectivity index (χ1n) is 3.40. The Labute approximate surface area is 86.3 Å². The molecule has 0 fully saturated rings. The summed E-state index contributed by atoms with van der Waals surface area (Å²) in [5.41, 5.74) is 0. The molecule has 1 radical (unpaired) electrons. The first-order valence-corrected chi connectivity index (χ1v) is 4.22. The molecule has 0 aromatic heterocycles. The van der Waals surface area contributed by atoms with Crippen LogP contribution < -0.4 is 0 Å². The molecule has 0 rings (SSSR count). The molecule has 0 N–H and O–H groups in total. The topological polar surface area (TPSA) is 26.3 Å². The van der Waals surface area contributed by atoms with E-state index in [9.17, 15) is 4.57 Å². The first kappa shape index (κ1) is 13.6. The van der Waals surface area contributed by atoms with E-state index in [1.54, 1.807) is 0 Å². The van der Waals surface area contributed by atoms with E-state index in [-0.39, 0.29) is 29.6 Å². The van der Waals surface area contributed by atoms with Gasteiger partial charge in [0.2, 0.25) is 0 Å². The fourth-order valence-corrected chi connectivity index (χ4v) is 0.870. The van der Waals surface area contributed by atoms with Gasteiger partial charge in [-0.1, -0.05) is 26.2 Å². The van der Waals surface area contributed by atoms with Crippen molar-refractivity contribution in [3.63, 3.8) is 0 Å². The Balaban J connectivity index is 0. The summed E-state index contributed by atoms with van der Waals surface area (Å²) < 4.78 is 14.4. The van der Waals surface area contributed by atoms with Gasteiger partial charge in [-0.15, -0.1) is 4.52 Å². The number of hydrogen-bond acceptors (Lipinski definition) is 2. The Morgan fingerprint density at radius 3 is 2.50 bits per heavy atom. The number of unbranched alkanes of at least 4 members (excludes halogenated alkanes) is 3. The third kappa shape index (κ3) is 11.8. The maximum Gasteiger partial charge on any atom is 0.494 e. The fourth-order valence-electron chi connectivity index (χ4n) is 0.643. The van der Waals surface area contributed by atoms with Crippen LogP contribution >= 0.6 is 8.69 Å². The molecular formula is C6H14NaO2P+. The molecule has 0 aliphatic heterocycles. The molecule has 0 aromatic carbocycles. The molecule has 0 heterocycles. The van der Waals surface area contributed by atoms with Crippen LogP contribution in [0.4, 0.5) is 0 Å². The third-order valence-electron chi connectivity index (χ3n) is 1.16. The zero-order valence-corrected chi connectivity index (χ0v) is 9.85. The van der Waals surface area contributed by atoms with Gasteiger partial charge in [-0.25, -0.2) is 0 Å². The van der Waals surface area contributed by atoms with E-state index in [2.05, 4.69) is 11.4 Å². The fraction of sp³-hybridized carbons (Fsp3) is 1.00. The summed E-state index contributed by atoms with van der Waals surface area (Å²) >= 11 is 0. The van der Waals surface area contributed by atoms with Crippen LogP contribution in [0.1, 0.15) is 32.6 Å². The normalized spacial score (nSPS) is 9.30. The van der Waals surface area contributed by atoms with Gasteiger partial charge in [0.1, 0.15) is 6.61 Å². The van der Waals surface area contributed by atoms with Crippen LogP contribution in [0.25, 0.3) is 0 Å². The molecule has 0 saturated carbocycles. The average molecular weight is 172 g/mol. The van der Waals surface area contributed by atoms with Crippen molar-refractivity contribution in [2.24, 2.45) is 0 Å². The van der Waals surface area contributed by atoms with Gasteiger partial charge in [-0.2, -0.15) is 0 Å².